The molecular weight excluding hydrogens is 277 g/mol. The Kier molecular flexibility index (Phi) is 4.95. The standard InChI is InChI=1S/C14H20FN3O3/c1-21-14-7-11(10(15)6-13(14)18(19)20)17-12(8-16)9-4-2-3-5-9/h6-7,9,12,17H,2-5,8,16H2,1H3. The molecule has 1 aliphatic rings. The van der Waals surface area contributed by atoms with Crippen molar-refractivity contribution in [2.45, 2.75) is 31.7 Å². The SMILES string of the molecule is COc1cc(NC(CN)C2CCCC2)c(F)cc1[N+](=O)[O-]. The predicted octanol–water partition coefficient (Wildman–Crippen LogP) is 2.67. The monoisotopic (exact) mass is 297 g/mol. The Morgan fingerprint density at radius 3 is 2.71 bits per heavy atom. The first-order valence-electron chi connectivity index (χ1n) is 7.05. The van der Waals surface area contributed by atoms with E-state index in [0.717, 1.165) is 31.7 Å². The fourth-order valence-electron chi connectivity index (χ4n) is 2.89. The fraction of sp³-hybridized carbons (Fsp3) is 0.571. The van der Waals surface area contributed by atoms with Crippen molar-refractivity contribution in [2.75, 3.05) is 19.0 Å². The van der Waals surface area contributed by atoms with Crippen molar-refractivity contribution in [3.05, 3.63) is 28.1 Å². The van der Waals surface area contributed by atoms with Gasteiger partial charge in [-0.15, -0.1) is 0 Å². The Morgan fingerprint density at radius 1 is 1.52 bits per heavy atom. The molecule has 0 radical (unpaired) electrons. The van der Waals surface area contributed by atoms with Crippen LogP contribution in [-0.2, 0) is 0 Å². The van der Waals surface area contributed by atoms with Gasteiger partial charge in [0, 0.05) is 18.7 Å². The molecule has 1 unspecified atom stereocenters. The minimum absolute atomic E-state index is 0.0334. The Bertz CT molecular complexity index is 518. The quantitative estimate of drug-likeness (QED) is 0.622. The van der Waals surface area contributed by atoms with Gasteiger partial charge in [0.2, 0.25) is 0 Å². The van der Waals surface area contributed by atoms with Gasteiger partial charge in [0.25, 0.3) is 0 Å². The van der Waals surface area contributed by atoms with Crippen LogP contribution in [0.1, 0.15) is 25.7 Å². The lowest BCUT2D eigenvalue weighted by molar-refractivity contribution is -0.385. The lowest BCUT2D eigenvalue weighted by atomic mass is 9.98. The maximum absolute atomic E-state index is 14.0. The van der Waals surface area contributed by atoms with E-state index in [-0.39, 0.29) is 23.2 Å². The first kappa shape index (κ1) is 15.5. The highest BCUT2D eigenvalue weighted by atomic mass is 19.1. The van der Waals surface area contributed by atoms with Gasteiger partial charge < -0.3 is 15.8 Å². The molecule has 6 nitrogen and oxygen atoms in total. The van der Waals surface area contributed by atoms with E-state index in [9.17, 15) is 14.5 Å². The van der Waals surface area contributed by atoms with Crippen LogP contribution >= 0.6 is 0 Å². The molecule has 0 heterocycles. The zero-order chi connectivity index (χ0) is 15.4. The van der Waals surface area contributed by atoms with E-state index >= 15 is 0 Å². The Morgan fingerprint density at radius 2 is 2.19 bits per heavy atom. The lowest BCUT2D eigenvalue weighted by Crippen LogP contribution is -2.35. The number of anilines is 1. The van der Waals surface area contributed by atoms with Crippen LogP contribution in [0.2, 0.25) is 0 Å². The van der Waals surface area contributed by atoms with Gasteiger partial charge in [0.15, 0.2) is 11.6 Å². The minimum Gasteiger partial charge on any atom is -0.490 e. The van der Waals surface area contributed by atoms with E-state index in [0.29, 0.717) is 12.5 Å². The summed E-state index contributed by atoms with van der Waals surface area (Å²) >= 11 is 0. The Balaban J connectivity index is 2.24. The third-order valence-corrected chi connectivity index (χ3v) is 4.03. The van der Waals surface area contributed by atoms with Crippen LogP contribution in [0, 0.1) is 21.8 Å². The lowest BCUT2D eigenvalue weighted by Gasteiger charge is -2.24. The van der Waals surface area contributed by atoms with Crippen LogP contribution in [0.25, 0.3) is 0 Å². The summed E-state index contributed by atoms with van der Waals surface area (Å²) in [7, 11) is 1.32. The number of rotatable bonds is 6. The average molecular weight is 297 g/mol. The second-order valence-electron chi connectivity index (χ2n) is 5.29. The van der Waals surface area contributed by atoms with Crippen molar-refractivity contribution in [1.82, 2.24) is 0 Å². The zero-order valence-corrected chi connectivity index (χ0v) is 12.0. The molecule has 1 aliphatic carbocycles. The number of benzene rings is 1. The Hall–Kier alpha value is -1.89. The highest BCUT2D eigenvalue weighted by Crippen LogP contribution is 2.34. The number of methoxy groups -OCH3 is 1. The molecule has 0 aromatic heterocycles. The third-order valence-electron chi connectivity index (χ3n) is 4.03. The molecule has 1 aromatic carbocycles. The molecule has 0 bridgehead atoms. The molecular formula is C14H20FN3O3. The summed E-state index contributed by atoms with van der Waals surface area (Å²) in [6, 6.07) is 2.17. The van der Waals surface area contributed by atoms with Gasteiger partial charge in [-0.05, 0) is 18.8 Å². The molecule has 0 aliphatic heterocycles. The number of halogens is 1. The number of ether oxygens (including phenoxy) is 1. The molecule has 1 atom stereocenters. The van der Waals surface area contributed by atoms with Crippen molar-refractivity contribution in [3.8, 4) is 5.75 Å². The number of hydrogen-bond acceptors (Lipinski definition) is 5. The van der Waals surface area contributed by atoms with E-state index in [1.807, 2.05) is 0 Å². The van der Waals surface area contributed by atoms with Crippen LogP contribution in [0.4, 0.5) is 15.8 Å². The summed E-state index contributed by atoms with van der Waals surface area (Å²) in [4.78, 5) is 10.2. The largest absolute Gasteiger partial charge is 0.490 e. The van der Waals surface area contributed by atoms with Gasteiger partial charge in [0.1, 0.15) is 0 Å². The van der Waals surface area contributed by atoms with E-state index in [1.165, 1.54) is 13.2 Å². The second kappa shape index (κ2) is 6.71. The molecule has 3 N–H and O–H groups in total. The predicted molar refractivity (Wildman–Crippen MR) is 78.0 cm³/mol. The number of nitrogens with zero attached hydrogens (tertiary/aromatic N) is 1. The van der Waals surface area contributed by atoms with Crippen molar-refractivity contribution >= 4 is 11.4 Å². The van der Waals surface area contributed by atoms with Crippen LogP contribution in [0.15, 0.2) is 12.1 Å². The van der Waals surface area contributed by atoms with Gasteiger partial charge in [-0.2, -0.15) is 0 Å². The number of nitrogens with one attached hydrogen (secondary N) is 1. The normalized spacial score (nSPS) is 16.7. The molecule has 1 fully saturated rings. The molecule has 1 aromatic rings. The topological polar surface area (TPSA) is 90.4 Å². The number of hydrogen-bond donors (Lipinski definition) is 2. The molecule has 7 heteroatoms. The minimum atomic E-state index is -0.668. The Labute approximate surface area is 122 Å². The van der Waals surface area contributed by atoms with Gasteiger partial charge in [0.05, 0.1) is 23.8 Å². The maximum atomic E-state index is 14.0. The number of nitro groups is 1. The highest BCUT2D eigenvalue weighted by Gasteiger charge is 2.26. The van der Waals surface area contributed by atoms with Crippen LogP contribution in [0.5, 0.6) is 5.75 Å². The summed E-state index contributed by atoms with van der Waals surface area (Å²) in [5, 5.41) is 13.9. The van der Waals surface area contributed by atoms with Crippen molar-refractivity contribution in [1.29, 1.82) is 0 Å². The first-order valence-corrected chi connectivity index (χ1v) is 7.05. The van der Waals surface area contributed by atoms with Gasteiger partial charge in [-0.3, -0.25) is 10.1 Å². The van der Waals surface area contributed by atoms with Gasteiger partial charge in [-0.1, -0.05) is 12.8 Å². The van der Waals surface area contributed by atoms with Gasteiger partial charge >= 0.3 is 5.69 Å². The van der Waals surface area contributed by atoms with Gasteiger partial charge in [-0.25, -0.2) is 4.39 Å². The number of nitro benzene ring substituents is 1. The molecule has 116 valence electrons. The maximum Gasteiger partial charge on any atom is 0.313 e. The van der Waals surface area contributed by atoms with Crippen LogP contribution < -0.4 is 15.8 Å². The molecule has 21 heavy (non-hydrogen) atoms. The van der Waals surface area contributed by atoms with Crippen molar-refractivity contribution in [2.24, 2.45) is 11.7 Å². The summed E-state index contributed by atoms with van der Waals surface area (Å²) in [6.07, 6.45) is 4.46. The van der Waals surface area contributed by atoms with E-state index < -0.39 is 10.7 Å². The average Bonchev–Trinajstić information content (AvgIpc) is 2.99. The zero-order valence-electron chi connectivity index (χ0n) is 12.0. The fourth-order valence-corrected chi connectivity index (χ4v) is 2.89. The summed E-state index contributed by atoms with van der Waals surface area (Å²) in [6.45, 7) is 0.392. The smallest absolute Gasteiger partial charge is 0.313 e. The number of nitrogens with two attached hydrogens (primary N) is 1. The molecule has 1 saturated carbocycles. The molecule has 0 amide bonds. The van der Waals surface area contributed by atoms with E-state index in [4.69, 9.17) is 10.5 Å². The third kappa shape index (κ3) is 3.41. The van der Waals surface area contributed by atoms with E-state index in [2.05, 4.69) is 5.32 Å². The van der Waals surface area contributed by atoms with Crippen molar-refractivity contribution < 1.29 is 14.1 Å². The van der Waals surface area contributed by atoms with Crippen molar-refractivity contribution in [3.63, 3.8) is 0 Å². The summed E-state index contributed by atoms with van der Waals surface area (Å²) in [5.74, 6) is -0.222. The first-order chi connectivity index (χ1) is 10.1. The highest BCUT2D eigenvalue weighted by molar-refractivity contribution is 5.59. The summed E-state index contributed by atoms with van der Waals surface area (Å²) in [5.41, 5.74) is 5.59. The van der Waals surface area contributed by atoms with Crippen LogP contribution in [-0.4, -0.2) is 24.6 Å². The summed E-state index contributed by atoms with van der Waals surface area (Å²) < 4.78 is 19.0. The van der Waals surface area contributed by atoms with Crippen LogP contribution in [0.3, 0.4) is 0 Å². The molecule has 0 spiro atoms. The molecule has 0 saturated heterocycles. The van der Waals surface area contributed by atoms with E-state index in [1.54, 1.807) is 0 Å². The molecule has 2 rings (SSSR count). The second-order valence-corrected chi connectivity index (χ2v) is 5.29.